The van der Waals surface area contributed by atoms with Crippen LogP contribution in [0.1, 0.15) is 37.3 Å². The first-order valence-corrected chi connectivity index (χ1v) is 10.4. The highest BCUT2D eigenvalue weighted by atomic mass is 16.5. The summed E-state index contributed by atoms with van der Waals surface area (Å²) in [4.78, 5) is 22.0. The fourth-order valence-electron chi connectivity index (χ4n) is 4.06. The summed E-state index contributed by atoms with van der Waals surface area (Å²) in [5, 5.41) is 0. The van der Waals surface area contributed by atoms with Crippen molar-refractivity contribution in [1.29, 1.82) is 0 Å². The smallest absolute Gasteiger partial charge is 0.228 e. The van der Waals surface area contributed by atoms with Gasteiger partial charge in [0.2, 0.25) is 11.8 Å². The van der Waals surface area contributed by atoms with E-state index in [4.69, 9.17) is 9.15 Å². The number of carbonyl (C=O) groups is 1. The van der Waals surface area contributed by atoms with E-state index in [-0.39, 0.29) is 12.3 Å². The number of ether oxygens (including phenoxy) is 1. The second kappa shape index (κ2) is 9.55. The maximum absolute atomic E-state index is 13.0. The number of hydrogen-bond acceptors (Lipinski definition) is 5. The molecule has 1 amide bonds. The molecule has 6 heteroatoms. The molecule has 1 aromatic heterocycles. The van der Waals surface area contributed by atoms with Crippen LogP contribution in [0.25, 0.3) is 11.5 Å². The molecular formula is C23H33N3O3. The van der Waals surface area contributed by atoms with Gasteiger partial charge < -0.3 is 14.1 Å². The third-order valence-electron chi connectivity index (χ3n) is 5.73. The number of piperazine rings is 1. The molecule has 0 saturated carbocycles. The molecule has 6 nitrogen and oxygen atoms in total. The molecule has 1 aliphatic heterocycles. The Morgan fingerprint density at radius 3 is 2.45 bits per heavy atom. The molecule has 0 spiro atoms. The number of aromatic nitrogens is 1. The molecule has 29 heavy (non-hydrogen) atoms. The van der Waals surface area contributed by atoms with E-state index in [0.717, 1.165) is 43.9 Å². The number of carbonyl (C=O) groups excluding carboxylic acids is 1. The molecule has 2 heterocycles. The second-order valence-corrected chi connectivity index (χ2v) is 8.15. The summed E-state index contributed by atoms with van der Waals surface area (Å²) < 4.78 is 11.0. The first-order chi connectivity index (χ1) is 13.9. The lowest BCUT2D eigenvalue weighted by Gasteiger charge is -2.44. The maximum Gasteiger partial charge on any atom is 0.228 e. The van der Waals surface area contributed by atoms with Gasteiger partial charge in [-0.15, -0.1) is 0 Å². The van der Waals surface area contributed by atoms with Gasteiger partial charge in [-0.3, -0.25) is 9.69 Å². The van der Waals surface area contributed by atoms with Gasteiger partial charge in [-0.1, -0.05) is 17.7 Å². The monoisotopic (exact) mass is 399 g/mol. The van der Waals surface area contributed by atoms with Crippen molar-refractivity contribution in [1.82, 2.24) is 14.8 Å². The van der Waals surface area contributed by atoms with Gasteiger partial charge in [0.15, 0.2) is 0 Å². The lowest BCUT2D eigenvalue weighted by molar-refractivity contribution is -0.135. The van der Waals surface area contributed by atoms with Crippen LogP contribution < -0.4 is 0 Å². The van der Waals surface area contributed by atoms with Crippen molar-refractivity contribution in [3.63, 3.8) is 0 Å². The highest BCUT2D eigenvalue weighted by molar-refractivity contribution is 5.79. The Morgan fingerprint density at radius 2 is 1.83 bits per heavy atom. The molecule has 0 N–H and O–H groups in total. The molecule has 2 aromatic rings. The fraction of sp³-hybridized carbons (Fsp3) is 0.565. The van der Waals surface area contributed by atoms with Gasteiger partial charge in [0.25, 0.3) is 0 Å². The predicted octanol–water partition coefficient (Wildman–Crippen LogP) is 3.46. The number of nitrogens with zero attached hydrogens (tertiary/aromatic N) is 3. The molecule has 0 aliphatic carbocycles. The van der Waals surface area contributed by atoms with Crippen LogP contribution in [0.2, 0.25) is 0 Å². The Morgan fingerprint density at radius 1 is 1.17 bits per heavy atom. The molecule has 0 bridgehead atoms. The molecule has 2 unspecified atom stereocenters. The summed E-state index contributed by atoms with van der Waals surface area (Å²) in [6.07, 6.45) is 1.29. The van der Waals surface area contributed by atoms with Gasteiger partial charge in [-0.05, 0) is 46.2 Å². The first kappa shape index (κ1) is 21.5. The minimum atomic E-state index is 0.118. The van der Waals surface area contributed by atoms with E-state index < -0.39 is 0 Å². The van der Waals surface area contributed by atoms with Gasteiger partial charge in [0.1, 0.15) is 5.76 Å². The van der Waals surface area contributed by atoms with Crippen LogP contribution in [0.5, 0.6) is 0 Å². The molecule has 3 rings (SSSR count). The lowest BCUT2D eigenvalue weighted by atomic mass is 10.1. The minimum absolute atomic E-state index is 0.118. The largest absolute Gasteiger partial charge is 0.441 e. The van der Waals surface area contributed by atoms with Crippen LogP contribution in [0.15, 0.2) is 28.7 Å². The summed E-state index contributed by atoms with van der Waals surface area (Å²) >= 11 is 0. The van der Waals surface area contributed by atoms with Crippen molar-refractivity contribution >= 4 is 5.91 Å². The van der Waals surface area contributed by atoms with Gasteiger partial charge in [-0.25, -0.2) is 4.98 Å². The summed E-state index contributed by atoms with van der Waals surface area (Å²) in [6, 6.07) is 8.74. The summed E-state index contributed by atoms with van der Waals surface area (Å²) in [5.41, 5.74) is 2.86. The maximum atomic E-state index is 13.0. The Labute approximate surface area is 173 Å². The topological polar surface area (TPSA) is 58.8 Å². The first-order valence-electron chi connectivity index (χ1n) is 10.4. The van der Waals surface area contributed by atoms with E-state index >= 15 is 0 Å². The van der Waals surface area contributed by atoms with E-state index in [1.165, 1.54) is 5.56 Å². The molecular weight excluding hydrogens is 366 g/mol. The van der Waals surface area contributed by atoms with Crippen molar-refractivity contribution in [2.75, 3.05) is 33.4 Å². The Hall–Kier alpha value is -2.18. The summed E-state index contributed by atoms with van der Waals surface area (Å²) in [6.45, 7) is 11.6. The number of amides is 1. The van der Waals surface area contributed by atoms with Crippen LogP contribution in [-0.4, -0.2) is 66.1 Å². The number of aryl methyl sites for hydroxylation is 2. The predicted molar refractivity (Wildman–Crippen MR) is 114 cm³/mol. The van der Waals surface area contributed by atoms with Crippen LogP contribution in [0.4, 0.5) is 0 Å². The third-order valence-corrected chi connectivity index (χ3v) is 5.73. The number of hydrogen-bond donors (Lipinski definition) is 0. The van der Waals surface area contributed by atoms with E-state index in [0.29, 0.717) is 23.7 Å². The van der Waals surface area contributed by atoms with Crippen LogP contribution >= 0.6 is 0 Å². The van der Waals surface area contributed by atoms with Gasteiger partial charge in [-0.2, -0.15) is 0 Å². The minimum Gasteiger partial charge on any atom is -0.441 e. The molecule has 1 aliphatic rings. The van der Waals surface area contributed by atoms with E-state index in [9.17, 15) is 4.79 Å². The van der Waals surface area contributed by atoms with Crippen molar-refractivity contribution in [2.45, 2.75) is 52.6 Å². The van der Waals surface area contributed by atoms with Gasteiger partial charge in [0.05, 0.1) is 12.1 Å². The zero-order chi connectivity index (χ0) is 21.0. The van der Waals surface area contributed by atoms with Crippen molar-refractivity contribution in [2.24, 2.45) is 0 Å². The highest BCUT2D eigenvalue weighted by Gasteiger charge is 2.31. The zero-order valence-electron chi connectivity index (χ0n) is 18.3. The Kier molecular flexibility index (Phi) is 7.09. The quantitative estimate of drug-likeness (QED) is 0.668. The fourth-order valence-corrected chi connectivity index (χ4v) is 4.06. The van der Waals surface area contributed by atoms with Crippen LogP contribution in [0.3, 0.4) is 0 Å². The number of benzene rings is 1. The normalized spacial score (nSPS) is 20.2. The summed E-state index contributed by atoms with van der Waals surface area (Å²) in [7, 11) is 1.74. The van der Waals surface area contributed by atoms with E-state index in [1.807, 2.05) is 43.0 Å². The molecule has 2 atom stereocenters. The van der Waals surface area contributed by atoms with E-state index in [2.05, 4.69) is 23.7 Å². The van der Waals surface area contributed by atoms with Gasteiger partial charge in [0, 0.05) is 51.0 Å². The number of methoxy groups -OCH3 is 1. The third kappa shape index (κ3) is 5.25. The van der Waals surface area contributed by atoms with Gasteiger partial charge >= 0.3 is 0 Å². The highest BCUT2D eigenvalue weighted by Crippen LogP contribution is 2.23. The SMILES string of the molecule is COCCCN1C(C)CN(C(=O)Cc2nc(-c3ccc(C)cc3)oc2C)CC1C. The summed E-state index contributed by atoms with van der Waals surface area (Å²) in [5.74, 6) is 1.41. The van der Waals surface area contributed by atoms with Crippen molar-refractivity contribution < 1.29 is 13.9 Å². The molecule has 1 fully saturated rings. The second-order valence-electron chi connectivity index (χ2n) is 8.15. The number of oxazole rings is 1. The molecule has 1 saturated heterocycles. The average molecular weight is 400 g/mol. The van der Waals surface area contributed by atoms with E-state index in [1.54, 1.807) is 7.11 Å². The Balaban J connectivity index is 1.63. The lowest BCUT2D eigenvalue weighted by Crippen LogP contribution is -2.58. The molecule has 1 aromatic carbocycles. The Bertz CT molecular complexity index is 803. The molecule has 0 radical (unpaired) electrons. The van der Waals surface area contributed by atoms with Crippen LogP contribution in [0, 0.1) is 13.8 Å². The van der Waals surface area contributed by atoms with Crippen LogP contribution in [-0.2, 0) is 16.0 Å². The number of rotatable bonds is 7. The molecule has 158 valence electrons. The standard InChI is InChI=1S/C23H33N3O3/c1-16-7-9-20(10-8-16)23-24-21(19(4)29-23)13-22(27)25-14-17(2)26(18(3)15-25)11-6-12-28-5/h7-10,17-18H,6,11-15H2,1-5H3. The average Bonchev–Trinajstić information content (AvgIpc) is 3.04. The van der Waals surface area contributed by atoms with Crippen molar-refractivity contribution in [3.8, 4) is 11.5 Å². The zero-order valence-corrected chi connectivity index (χ0v) is 18.3. The van der Waals surface area contributed by atoms with Crippen molar-refractivity contribution in [3.05, 3.63) is 41.3 Å².